The zero-order valence-corrected chi connectivity index (χ0v) is 14.2. The van der Waals surface area contributed by atoms with E-state index in [2.05, 4.69) is 16.5 Å². The Balaban J connectivity index is 1.70. The van der Waals surface area contributed by atoms with Gasteiger partial charge in [-0.05, 0) is 51.5 Å². The first-order chi connectivity index (χ1) is 9.94. The SMILES string of the molecule is CC1CCCN(CC(C)NS(=O)(=O)CCC2CCCO2)C1. The van der Waals surface area contributed by atoms with Gasteiger partial charge in [0, 0.05) is 25.7 Å². The van der Waals surface area contributed by atoms with E-state index in [4.69, 9.17) is 4.74 Å². The summed E-state index contributed by atoms with van der Waals surface area (Å²) in [5, 5.41) is 0. The van der Waals surface area contributed by atoms with Crippen LogP contribution in [0.25, 0.3) is 0 Å². The van der Waals surface area contributed by atoms with Crippen LogP contribution in [0.2, 0.25) is 0 Å². The number of hydrogen-bond acceptors (Lipinski definition) is 4. The zero-order chi connectivity index (χ0) is 15.3. The van der Waals surface area contributed by atoms with E-state index >= 15 is 0 Å². The average molecular weight is 318 g/mol. The minimum Gasteiger partial charge on any atom is -0.378 e. The van der Waals surface area contributed by atoms with Gasteiger partial charge in [0.25, 0.3) is 0 Å². The lowest BCUT2D eigenvalue weighted by molar-refractivity contribution is 0.108. The molecule has 3 unspecified atom stereocenters. The summed E-state index contributed by atoms with van der Waals surface area (Å²) in [6, 6.07) is -0.0233. The van der Waals surface area contributed by atoms with Gasteiger partial charge in [0.2, 0.25) is 10.0 Å². The number of likely N-dealkylation sites (tertiary alicyclic amines) is 1. The van der Waals surface area contributed by atoms with Crippen molar-refractivity contribution < 1.29 is 13.2 Å². The molecule has 0 radical (unpaired) electrons. The van der Waals surface area contributed by atoms with Crippen molar-refractivity contribution in [1.29, 1.82) is 0 Å². The fourth-order valence-electron chi connectivity index (χ4n) is 3.40. The van der Waals surface area contributed by atoms with Gasteiger partial charge in [-0.3, -0.25) is 0 Å². The van der Waals surface area contributed by atoms with E-state index in [9.17, 15) is 8.42 Å². The van der Waals surface area contributed by atoms with Gasteiger partial charge in [-0.25, -0.2) is 13.1 Å². The van der Waals surface area contributed by atoms with E-state index in [0.717, 1.165) is 45.0 Å². The van der Waals surface area contributed by atoms with Crippen molar-refractivity contribution >= 4 is 10.0 Å². The predicted molar refractivity (Wildman–Crippen MR) is 84.8 cm³/mol. The van der Waals surface area contributed by atoms with Crippen LogP contribution in [0.5, 0.6) is 0 Å². The molecule has 5 nitrogen and oxygen atoms in total. The second kappa shape index (κ2) is 7.90. The van der Waals surface area contributed by atoms with E-state index in [0.29, 0.717) is 6.42 Å². The molecule has 0 bridgehead atoms. The van der Waals surface area contributed by atoms with Gasteiger partial charge in [0.15, 0.2) is 0 Å². The summed E-state index contributed by atoms with van der Waals surface area (Å²) in [7, 11) is -3.19. The van der Waals surface area contributed by atoms with E-state index in [1.165, 1.54) is 12.8 Å². The van der Waals surface area contributed by atoms with Crippen LogP contribution < -0.4 is 4.72 Å². The van der Waals surface area contributed by atoms with Crippen LogP contribution in [-0.2, 0) is 14.8 Å². The van der Waals surface area contributed by atoms with Crippen molar-refractivity contribution in [2.45, 2.75) is 58.1 Å². The van der Waals surface area contributed by atoms with Crippen molar-refractivity contribution in [2.75, 3.05) is 32.0 Å². The first kappa shape index (κ1) is 17.2. The smallest absolute Gasteiger partial charge is 0.211 e. The Bertz CT molecular complexity index is 407. The Hall–Kier alpha value is -0.170. The second-order valence-electron chi connectivity index (χ2n) is 6.77. The van der Waals surface area contributed by atoms with Crippen molar-refractivity contribution in [3.63, 3.8) is 0 Å². The highest BCUT2D eigenvalue weighted by molar-refractivity contribution is 7.89. The second-order valence-corrected chi connectivity index (χ2v) is 8.64. The maximum atomic E-state index is 12.1. The standard InChI is InChI=1S/C15H30N2O3S/c1-13-5-3-8-17(11-13)12-14(2)16-21(18,19)10-7-15-6-4-9-20-15/h13-16H,3-12H2,1-2H3. The number of nitrogens with one attached hydrogen (secondary N) is 1. The van der Waals surface area contributed by atoms with Crippen LogP contribution in [0.4, 0.5) is 0 Å². The third kappa shape index (κ3) is 6.22. The lowest BCUT2D eigenvalue weighted by Crippen LogP contribution is -2.45. The fraction of sp³-hybridized carbons (Fsp3) is 1.00. The molecule has 2 saturated heterocycles. The molecular formula is C15H30N2O3S. The average Bonchev–Trinajstić information content (AvgIpc) is 2.88. The monoisotopic (exact) mass is 318 g/mol. The molecule has 124 valence electrons. The summed E-state index contributed by atoms with van der Waals surface area (Å²) in [4.78, 5) is 2.38. The zero-order valence-electron chi connectivity index (χ0n) is 13.4. The fourth-order valence-corrected chi connectivity index (χ4v) is 4.78. The summed E-state index contributed by atoms with van der Waals surface area (Å²) in [6.07, 6.45) is 5.32. The molecule has 0 aliphatic carbocycles. The van der Waals surface area contributed by atoms with Crippen molar-refractivity contribution in [1.82, 2.24) is 9.62 Å². The molecule has 0 saturated carbocycles. The molecule has 2 rings (SSSR count). The molecule has 6 heteroatoms. The summed E-state index contributed by atoms with van der Waals surface area (Å²) < 4.78 is 32.5. The van der Waals surface area contributed by atoms with E-state index in [1.807, 2.05) is 6.92 Å². The molecule has 0 aromatic rings. The molecule has 0 aromatic carbocycles. The number of piperidine rings is 1. The van der Waals surface area contributed by atoms with Crippen LogP contribution in [0.15, 0.2) is 0 Å². The molecule has 21 heavy (non-hydrogen) atoms. The van der Waals surface area contributed by atoms with Crippen molar-refractivity contribution in [3.05, 3.63) is 0 Å². The highest BCUT2D eigenvalue weighted by Crippen LogP contribution is 2.17. The van der Waals surface area contributed by atoms with Crippen molar-refractivity contribution in [3.8, 4) is 0 Å². The van der Waals surface area contributed by atoms with E-state index in [-0.39, 0.29) is 17.9 Å². The molecule has 2 aliphatic heterocycles. The van der Waals surface area contributed by atoms with Gasteiger partial charge < -0.3 is 9.64 Å². The topological polar surface area (TPSA) is 58.6 Å². The Labute approximate surface area is 129 Å². The minimum atomic E-state index is -3.19. The Morgan fingerprint density at radius 3 is 2.81 bits per heavy atom. The quantitative estimate of drug-likeness (QED) is 0.774. The van der Waals surface area contributed by atoms with Gasteiger partial charge in [0.05, 0.1) is 11.9 Å². The van der Waals surface area contributed by atoms with Crippen LogP contribution in [0, 0.1) is 5.92 Å². The van der Waals surface area contributed by atoms with Crippen molar-refractivity contribution in [2.24, 2.45) is 5.92 Å². The lowest BCUT2D eigenvalue weighted by Gasteiger charge is -2.32. The number of nitrogens with zero attached hydrogens (tertiary/aromatic N) is 1. The Morgan fingerprint density at radius 2 is 2.14 bits per heavy atom. The maximum Gasteiger partial charge on any atom is 0.211 e. The van der Waals surface area contributed by atoms with Gasteiger partial charge in [0.1, 0.15) is 0 Å². The number of ether oxygens (including phenoxy) is 1. The van der Waals surface area contributed by atoms with Crippen LogP contribution in [-0.4, -0.2) is 57.5 Å². The highest BCUT2D eigenvalue weighted by atomic mass is 32.2. The normalized spacial score (nSPS) is 29.6. The maximum absolute atomic E-state index is 12.1. The molecule has 3 atom stereocenters. The summed E-state index contributed by atoms with van der Waals surface area (Å²) >= 11 is 0. The number of rotatable bonds is 7. The highest BCUT2D eigenvalue weighted by Gasteiger charge is 2.23. The molecule has 2 aliphatic rings. The Morgan fingerprint density at radius 1 is 1.33 bits per heavy atom. The minimum absolute atomic E-state index is 0.0233. The number of sulfonamides is 1. The molecule has 0 spiro atoms. The van der Waals surface area contributed by atoms with Gasteiger partial charge in [-0.2, -0.15) is 0 Å². The van der Waals surface area contributed by atoms with E-state index in [1.54, 1.807) is 0 Å². The molecule has 1 N–H and O–H groups in total. The van der Waals surface area contributed by atoms with Gasteiger partial charge >= 0.3 is 0 Å². The molecule has 2 heterocycles. The predicted octanol–water partition coefficient (Wildman–Crippen LogP) is 1.60. The molecule has 0 amide bonds. The third-order valence-electron chi connectivity index (χ3n) is 4.39. The lowest BCUT2D eigenvalue weighted by atomic mass is 10.00. The first-order valence-electron chi connectivity index (χ1n) is 8.28. The summed E-state index contributed by atoms with van der Waals surface area (Å²) in [5.74, 6) is 0.903. The Kier molecular flexibility index (Phi) is 6.47. The van der Waals surface area contributed by atoms with Gasteiger partial charge in [-0.1, -0.05) is 6.92 Å². The van der Waals surface area contributed by atoms with Crippen LogP contribution in [0.1, 0.15) is 46.0 Å². The van der Waals surface area contributed by atoms with Gasteiger partial charge in [-0.15, -0.1) is 0 Å². The van der Waals surface area contributed by atoms with E-state index < -0.39 is 10.0 Å². The van der Waals surface area contributed by atoms with Crippen LogP contribution >= 0.6 is 0 Å². The van der Waals surface area contributed by atoms with Crippen LogP contribution in [0.3, 0.4) is 0 Å². The molecular weight excluding hydrogens is 288 g/mol. The summed E-state index contributed by atoms with van der Waals surface area (Å²) in [6.45, 7) is 7.99. The number of hydrogen-bond donors (Lipinski definition) is 1. The molecule has 2 fully saturated rings. The molecule has 0 aromatic heterocycles. The largest absolute Gasteiger partial charge is 0.378 e. The first-order valence-corrected chi connectivity index (χ1v) is 9.94. The third-order valence-corrected chi connectivity index (χ3v) is 5.92. The summed E-state index contributed by atoms with van der Waals surface area (Å²) in [5.41, 5.74) is 0.